The molecule has 0 unspecified atom stereocenters. The van der Waals surface area contributed by atoms with Crippen molar-refractivity contribution in [3.05, 3.63) is 49.2 Å². The maximum atomic E-state index is 4.45. The number of aromatic amines is 3. The van der Waals surface area contributed by atoms with Gasteiger partial charge in [-0.3, -0.25) is 20.2 Å². The van der Waals surface area contributed by atoms with Gasteiger partial charge in [0.2, 0.25) is 0 Å². The highest BCUT2D eigenvalue weighted by Gasteiger charge is 2.13. The second-order valence-corrected chi connectivity index (χ2v) is 5.32. The summed E-state index contributed by atoms with van der Waals surface area (Å²) in [6, 6.07) is 6.07. The van der Waals surface area contributed by atoms with Gasteiger partial charge in [0.1, 0.15) is 5.69 Å². The number of fused-ring (bicyclic) bond motifs is 2. The molecule has 0 aliphatic carbocycles. The summed E-state index contributed by atoms with van der Waals surface area (Å²) < 4.78 is 0. The molecule has 0 saturated carbocycles. The Morgan fingerprint density at radius 1 is 1.00 bits per heavy atom. The highest BCUT2D eigenvalue weighted by atomic mass is 15.1. The van der Waals surface area contributed by atoms with Crippen molar-refractivity contribution in [3.63, 3.8) is 0 Å². The molecule has 0 bridgehead atoms. The molecule has 0 spiro atoms. The van der Waals surface area contributed by atoms with Crippen LogP contribution in [0.2, 0.25) is 0 Å². The third-order valence-corrected chi connectivity index (χ3v) is 3.92. The molecule has 23 heavy (non-hydrogen) atoms. The van der Waals surface area contributed by atoms with E-state index in [1.165, 1.54) is 0 Å². The van der Waals surface area contributed by atoms with E-state index in [4.69, 9.17) is 0 Å². The zero-order valence-electron chi connectivity index (χ0n) is 11.9. The topological polar surface area (TPSA) is 98.9 Å². The van der Waals surface area contributed by atoms with E-state index < -0.39 is 0 Å². The first-order valence-electron chi connectivity index (χ1n) is 7.15. The van der Waals surface area contributed by atoms with Gasteiger partial charge in [-0.15, -0.1) is 0 Å². The molecule has 7 heteroatoms. The number of H-pyrrole nitrogens is 3. The second kappa shape index (κ2) is 4.51. The Morgan fingerprint density at radius 2 is 2.00 bits per heavy atom. The van der Waals surface area contributed by atoms with Gasteiger partial charge in [0.15, 0.2) is 0 Å². The molecule has 0 amide bonds. The Balaban J connectivity index is 1.73. The number of aromatic nitrogens is 7. The van der Waals surface area contributed by atoms with Crippen LogP contribution in [0.1, 0.15) is 0 Å². The average Bonchev–Trinajstić information content (AvgIpc) is 3.32. The van der Waals surface area contributed by atoms with Crippen LogP contribution in [0.25, 0.3) is 44.5 Å². The minimum Gasteiger partial charge on any atom is -0.352 e. The Morgan fingerprint density at radius 3 is 2.87 bits per heavy atom. The van der Waals surface area contributed by atoms with Gasteiger partial charge >= 0.3 is 0 Å². The molecule has 5 heterocycles. The van der Waals surface area contributed by atoms with Crippen LogP contribution in [0.15, 0.2) is 49.2 Å². The molecule has 0 aliphatic rings. The lowest BCUT2D eigenvalue weighted by Gasteiger charge is -1.98. The Labute approximate surface area is 129 Å². The van der Waals surface area contributed by atoms with E-state index in [1.54, 1.807) is 18.6 Å². The van der Waals surface area contributed by atoms with Crippen molar-refractivity contribution in [2.24, 2.45) is 0 Å². The van der Waals surface area contributed by atoms with Gasteiger partial charge in [-0.1, -0.05) is 0 Å². The normalized spacial score (nSPS) is 11.5. The van der Waals surface area contributed by atoms with Crippen LogP contribution in [0.3, 0.4) is 0 Å². The van der Waals surface area contributed by atoms with E-state index in [0.717, 1.165) is 44.5 Å². The van der Waals surface area contributed by atoms with Gasteiger partial charge in [0.05, 0.1) is 41.0 Å². The summed E-state index contributed by atoms with van der Waals surface area (Å²) >= 11 is 0. The maximum absolute atomic E-state index is 4.45. The number of hydrogen-bond donors (Lipinski definition) is 3. The molecular weight excluding hydrogens is 290 g/mol. The molecule has 0 atom stereocenters. The highest BCUT2D eigenvalue weighted by Crippen LogP contribution is 2.30. The van der Waals surface area contributed by atoms with E-state index in [1.807, 2.05) is 24.5 Å². The van der Waals surface area contributed by atoms with E-state index in [9.17, 15) is 0 Å². The lowest BCUT2D eigenvalue weighted by molar-refractivity contribution is 1.09. The molecule has 110 valence electrons. The van der Waals surface area contributed by atoms with E-state index in [2.05, 4.69) is 41.4 Å². The fourth-order valence-electron chi connectivity index (χ4n) is 2.77. The van der Waals surface area contributed by atoms with Crippen molar-refractivity contribution in [3.8, 4) is 22.6 Å². The van der Waals surface area contributed by atoms with Gasteiger partial charge in [-0.2, -0.15) is 10.2 Å². The summed E-state index contributed by atoms with van der Waals surface area (Å²) in [5.41, 5.74) is 5.49. The van der Waals surface area contributed by atoms with Crippen molar-refractivity contribution >= 4 is 21.8 Å². The third kappa shape index (κ3) is 1.83. The van der Waals surface area contributed by atoms with E-state index in [0.29, 0.717) is 0 Å². The fourth-order valence-corrected chi connectivity index (χ4v) is 2.77. The first-order chi connectivity index (χ1) is 11.4. The average molecular weight is 301 g/mol. The summed E-state index contributed by atoms with van der Waals surface area (Å²) in [5, 5.41) is 16.4. The lowest BCUT2D eigenvalue weighted by atomic mass is 10.1. The van der Waals surface area contributed by atoms with Gasteiger partial charge in [-0.25, -0.2) is 0 Å². The highest BCUT2D eigenvalue weighted by molar-refractivity contribution is 5.96. The summed E-state index contributed by atoms with van der Waals surface area (Å²) in [5.74, 6) is 0. The van der Waals surface area contributed by atoms with Crippen molar-refractivity contribution in [1.29, 1.82) is 0 Å². The lowest BCUT2D eigenvalue weighted by Crippen LogP contribution is -1.82. The Hall–Kier alpha value is -3.48. The number of nitrogens with zero attached hydrogens (tertiary/aromatic N) is 4. The number of hydrogen-bond acceptors (Lipinski definition) is 4. The molecule has 0 fully saturated rings. The minimum atomic E-state index is 0.853. The van der Waals surface area contributed by atoms with Crippen LogP contribution in [0, 0.1) is 0 Å². The molecule has 0 aliphatic heterocycles. The first kappa shape index (κ1) is 12.1. The van der Waals surface area contributed by atoms with Crippen molar-refractivity contribution in [1.82, 2.24) is 35.3 Å². The monoisotopic (exact) mass is 301 g/mol. The quantitative estimate of drug-likeness (QED) is 0.467. The largest absolute Gasteiger partial charge is 0.352 e. The first-order valence-corrected chi connectivity index (χ1v) is 7.15. The third-order valence-electron chi connectivity index (χ3n) is 3.92. The smallest absolute Gasteiger partial charge is 0.116 e. The number of pyridine rings is 2. The van der Waals surface area contributed by atoms with Crippen molar-refractivity contribution in [2.45, 2.75) is 0 Å². The van der Waals surface area contributed by atoms with Crippen LogP contribution >= 0.6 is 0 Å². The second-order valence-electron chi connectivity index (χ2n) is 5.32. The predicted octanol–water partition coefficient (Wildman–Crippen LogP) is 2.89. The number of nitrogens with one attached hydrogen (secondary N) is 3. The van der Waals surface area contributed by atoms with Crippen LogP contribution in [0.4, 0.5) is 0 Å². The summed E-state index contributed by atoms with van der Waals surface area (Å²) in [6.45, 7) is 0. The molecule has 0 radical (unpaired) electrons. The standard InChI is InChI=1S/C16H11N7/c1-2-17-7-14-9(1)3-13(21-14)16-11-4-12(10-5-19-20-6-10)18-8-15(11)22-23-16/h1-8,21H,(H,19,20)(H,22,23). The zero-order valence-corrected chi connectivity index (χ0v) is 11.9. The van der Waals surface area contributed by atoms with Gasteiger partial charge in [0, 0.05) is 28.7 Å². The van der Waals surface area contributed by atoms with Gasteiger partial charge in [0.25, 0.3) is 0 Å². The number of rotatable bonds is 2. The van der Waals surface area contributed by atoms with Crippen LogP contribution in [-0.2, 0) is 0 Å². The molecule has 5 aromatic heterocycles. The molecule has 5 rings (SSSR count). The molecule has 7 nitrogen and oxygen atoms in total. The van der Waals surface area contributed by atoms with Crippen LogP contribution in [0.5, 0.6) is 0 Å². The van der Waals surface area contributed by atoms with Gasteiger partial charge in [-0.05, 0) is 18.2 Å². The summed E-state index contributed by atoms with van der Waals surface area (Å²) in [6.07, 6.45) is 8.96. The minimum absolute atomic E-state index is 0.853. The maximum Gasteiger partial charge on any atom is 0.116 e. The van der Waals surface area contributed by atoms with Crippen LogP contribution in [-0.4, -0.2) is 35.3 Å². The van der Waals surface area contributed by atoms with Crippen molar-refractivity contribution < 1.29 is 0 Å². The van der Waals surface area contributed by atoms with E-state index >= 15 is 0 Å². The van der Waals surface area contributed by atoms with Crippen LogP contribution < -0.4 is 0 Å². The summed E-state index contributed by atoms with van der Waals surface area (Å²) in [4.78, 5) is 11.9. The molecule has 3 N–H and O–H groups in total. The molecule has 0 saturated heterocycles. The Bertz CT molecular complexity index is 1080. The molecular formula is C16H11N7. The van der Waals surface area contributed by atoms with Gasteiger partial charge < -0.3 is 4.98 Å². The summed E-state index contributed by atoms with van der Waals surface area (Å²) in [7, 11) is 0. The molecule has 5 aromatic rings. The SMILES string of the molecule is c1cc2cc(-c3n[nH]c4cnc(-c5cn[nH]c5)cc34)[nH]c2cn1. The molecule has 0 aromatic carbocycles. The van der Waals surface area contributed by atoms with Crippen molar-refractivity contribution in [2.75, 3.05) is 0 Å². The van der Waals surface area contributed by atoms with E-state index in [-0.39, 0.29) is 0 Å². The Kier molecular flexibility index (Phi) is 2.37. The zero-order chi connectivity index (χ0) is 15.2. The fraction of sp³-hybridized carbons (Fsp3) is 0. The predicted molar refractivity (Wildman–Crippen MR) is 86.6 cm³/mol.